The van der Waals surface area contributed by atoms with Crippen LogP contribution in [-0.4, -0.2) is 33.0 Å². The summed E-state index contributed by atoms with van der Waals surface area (Å²) in [7, 11) is 1.42. The molecule has 0 aromatic heterocycles. The minimum atomic E-state index is -2.88. The van der Waals surface area contributed by atoms with E-state index in [1.54, 1.807) is 18.2 Å². The van der Waals surface area contributed by atoms with Gasteiger partial charge in [0.15, 0.2) is 11.5 Å². The normalized spacial score (nSPS) is 12.5. The molecular formula is C14H21F2NO3. The lowest BCUT2D eigenvalue weighted by molar-refractivity contribution is -0.0519. The van der Waals surface area contributed by atoms with Crippen LogP contribution in [0.3, 0.4) is 0 Å². The van der Waals surface area contributed by atoms with Gasteiger partial charge in [-0.25, -0.2) is 0 Å². The average Bonchev–Trinajstić information content (AvgIpc) is 2.43. The zero-order chi connectivity index (χ0) is 15.0. The van der Waals surface area contributed by atoms with E-state index in [4.69, 9.17) is 9.47 Å². The Balaban J connectivity index is 2.72. The summed E-state index contributed by atoms with van der Waals surface area (Å²) in [6, 6.07) is 5.16. The molecule has 0 saturated heterocycles. The summed E-state index contributed by atoms with van der Waals surface area (Å²) in [6.45, 7) is 2.60. The second-order valence-electron chi connectivity index (χ2n) is 4.27. The van der Waals surface area contributed by atoms with Crippen LogP contribution in [0, 0.1) is 0 Å². The van der Waals surface area contributed by atoms with Crippen molar-refractivity contribution in [3.63, 3.8) is 0 Å². The fourth-order valence-electron chi connectivity index (χ4n) is 1.72. The third-order valence-electron chi connectivity index (χ3n) is 2.70. The van der Waals surface area contributed by atoms with Gasteiger partial charge in [0.1, 0.15) is 0 Å². The number of halogens is 2. The Morgan fingerprint density at radius 2 is 2.05 bits per heavy atom. The van der Waals surface area contributed by atoms with Crippen LogP contribution in [0.5, 0.6) is 11.5 Å². The van der Waals surface area contributed by atoms with Crippen molar-refractivity contribution in [2.24, 2.45) is 0 Å². The Labute approximate surface area is 118 Å². The Hall–Kier alpha value is -1.40. The molecule has 0 aliphatic rings. The summed E-state index contributed by atoms with van der Waals surface area (Å²) >= 11 is 0. The monoisotopic (exact) mass is 289 g/mol. The first-order valence-electron chi connectivity index (χ1n) is 6.50. The Kier molecular flexibility index (Phi) is 7.25. The summed E-state index contributed by atoms with van der Waals surface area (Å²) in [5.74, 6) is 0.364. The van der Waals surface area contributed by atoms with Gasteiger partial charge in [0, 0.05) is 24.8 Å². The molecule has 1 unspecified atom stereocenters. The molecule has 1 atom stereocenters. The van der Waals surface area contributed by atoms with Gasteiger partial charge in [0.05, 0.1) is 13.7 Å². The summed E-state index contributed by atoms with van der Waals surface area (Å²) in [6.07, 6.45) is 0. The molecule has 0 aliphatic carbocycles. The minimum Gasteiger partial charge on any atom is -0.493 e. The molecule has 20 heavy (non-hydrogen) atoms. The predicted octanol–water partition coefficient (Wildman–Crippen LogP) is 2.81. The van der Waals surface area contributed by atoms with E-state index in [1.807, 2.05) is 13.8 Å². The van der Waals surface area contributed by atoms with Gasteiger partial charge in [-0.05, 0) is 19.9 Å². The third-order valence-corrected chi connectivity index (χ3v) is 2.70. The quantitative estimate of drug-likeness (QED) is 0.759. The molecular weight excluding hydrogens is 268 g/mol. The van der Waals surface area contributed by atoms with Crippen LogP contribution in [0.15, 0.2) is 18.2 Å². The zero-order valence-corrected chi connectivity index (χ0v) is 12.0. The molecule has 114 valence electrons. The van der Waals surface area contributed by atoms with Crippen molar-refractivity contribution >= 4 is 0 Å². The lowest BCUT2D eigenvalue weighted by atomic mass is 10.1. The van der Waals surface area contributed by atoms with Crippen molar-refractivity contribution in [2.45, 2.75) is 33.0 Å². The smallest absolute Gasteiger partial charge is 0.387 e. The van der Waals surface area contributed by atoms with Gasteiger partial charge >= 0.3 is 6.61 Å². The highest BCUT2D eigenvalue weighted by Gasteiger charge is 2.15. The molecule has 0 fully saturated rings. The third kappa shape index (κ3) is 5.30. The SMILES string of the molecule is CCOCC(C)NCc1cccc(OC)c1OC(F)F. The Morgan fingerprint density at radius 3 is 2.65 bits per heavy atom. The lowest BCUT2D eigenvalue weighted by Crippen LogP contribution is -2.30. The molecule has 1 N–H and O–H groups in total. The first kappa shape index (κ1) is 16.7. The molecule has 0 saturated carbocycles. The molecule has 1 rings (SSSR count). The molecule has 1 aromatic carbocycles. The van der Waals surface area contributed by atoms with Crippen molar-refractivity contribution < 1.29 is 23.0 Å². The zero-order valence-electron chi connectivity index (χ0n) is 12.0. The van der Waals surface area contributed by atoms with Gasteiger partial charge in [-0.1, -0.05) is 12.1 Å². The number of benzene rings is 1. The van der Waals surface area contributed by atoms with E-state index in [9.17, 15) is 8.78 Å². The largest absolute Gasteiger partial charge is 0.493 e. The first-order chi connectivity index (χ1) is 9.58. The molecule has 0 bridgehead atoms. The molecule has 0 amide bonds. The Bertz CT molecular complexity index is 402. The van der Waals surface area contributed by atoms with Crippen LogP contribution in [0.1, 0.15) is 19.4 Å². The average molecular weight is 289 g/mol. The van der Waals surface area contributed by atoms with Gasteiger partial charge < -0.3 is 19.5 Å². The second-order valence-corrected chi connectivity index (χ2v) is 4.27. The molecule has 0 radical (unpaired) electrons. The maximum atomic E-state index is 12.5. The number of nitrogens with one attached hydrogen (secondary N) is 1. The Morgan fingerprint density at radius 1 is 1.30 bits per heavy atom. The number of alkyl halides is 2. The maximum Gasteiger partial charge on any atom is 0.387 e. The van der Waals surface area contributed by atoms with Crippen molar-refractivity contribution in [1.29, 1.82) is 0 Å². The number of para-hydroxylation sites is 1. The van der Waals surface area contributed by atoms with Crippen molar-refractivity contribution in [3.05, 3.63) is 23.8 Å². The molecule has 6 heteroatoms. The first-order valence-corrected chi connectivity index (χ1v) is 6.50. The number of hydrogen-bond donors (Lipinski definition) is 1. The highest BCUT2D eigenvalue weighted by Crippen LogP contribution is 2.32. The standard InChI is InChI=1S/C14H21F2NO3/c1-4-19-9-10(2)17-8-11-6-5-7-12(18-3)13(11)20-14(15)16/h5-7,10,14,17H,4,8-9H2,1-3H3. The number of ether oxygens (including phenoxy) is 3. The van der Waals surface area contributed by atoms with Crippen molar-refractivity contribution in [1.82, 2.24) is 5.32 Å². The van der Waals surface area contributed by atoms with E-state index in [1.165, 1.54) is 7.11 Å². The van der Waals surface area contributed by atoms with Gasteiger partial charge in [-0.15, -0.1) is 0 Å². The van der Waals surface area contributed by atoms with Gasteiger partial charge in [-0.2, -0.15) is 8.78 Å². The summed E-state index contributed by atoms with van der Waals surface area (Å²) in [5.41, 5.74) is 0.619. The summed E-state index contributed by atoms with van der Waals surface area (Å²) in [4.78, 5) is 0. The highest BCUT2D eigenvalue weighted by molar-refractivity contribution is 5.46. The van der Waals surface area contributed by atoms with Crippen LogP contribution in [0.25, 0.3) is 0 Å². The molecule has 4 nitrogen and oxygen atoms in total. The van der Waals surface area contributed by atoms with Crippen molar-refractivity contribution in [3.8, 4) is 11.5 Å². The highest BCUT2D eigenvalue weighted by atomic mass is 19.3. The van der Waals surface area contributed by atoms with Crippen LogP contribution in [-0.2, 0) is 11.3 Å². The summed E-state index contributed by atoms with van der Waals surface area (Å²) < 4.78 is 39.8. The van der Waals surface area contributed by atoms with Crippen molar-refractivity contribution in [2.75, 3.05) is 20.3 Å². The van der Waals surface area contributed by atoms with Crippen LogP contribution < -0.4 is 14.8 Å². The topological polar surface area (TPSA) is 39.7 Å². The molecule has 0 spiro atoms. The molecule has 0 heterocycles. The number of rotatable bonds is 9. The minimum absolute atomic E-state index is 0.0705. The van der Waals surface area contributed by atoms with E-state index >= 15 is 0 Å². The van der Waals surface area contributed by atoms with Crippen LogP contribution >= 0.6 is 0 Å². The predicted molar refractivity (Wildman–Crippen MR) is 72.4 cm³/mol. The van der Waals surface area contributed by atoms with E-state index in [0.29, 0.717) is 31.1 Å². The van der Waals surface area contributed by atoms with Crippen LogP contribution in [0.4, 0.5) is 8.78 Å². The van der Waals surface area contributed by atoms with E-state index in [0.717, 1.165) is 0 Å². The second kappa shape index (κ2) is 8.71. The fraction of sp³-hybridized carbons (Fsp3) is 0.571. The number of hydrogen-bond acceptors (Lipinski definition) is 4. The summed E-state index contributed by atoms with van der Waals surface area (Å²) in [5, 5.41) is 3.19. The lowest BCUT2D eigenvalue weighted by Gasteiger charge is -2.17. The number of methoxy groups -OCH3 is 1. The van der Waals surface area contributed by atoms with E-state index < -0.39 is 6.61 Å². The van der Waals surface area contributed by atoms with E-state index in [-0.39, 0.29) is 11.8 Å². The van der Waals surface area contributed by atoms with Gasteiger partial charge in [0.25, 0.3) is 0 Å². The van der Waals surface area contributed by atoms with E-state index in [2.05, 4.69) is 10.1 Å². The van der Waals surface area contributed by atoms with Gasteiger partial charge in [-0.3, -0.25) is 0 Å². The molecule has 1 aromatic rings. The molecule has 0 aliphatic heterocycles. The van der Waals surface area contributed by atoms with Crippen LogP contribution in [0.2, 0.25) is 0 Å². The van der Waals surface area contributed by atoms with Gasteiger partial charge in [0.2, 0.25) is 0 Å². The maximum absolute atomic E-state index is 12.5. The fourth-order valence-corrected chi connectivity index (χ4v) is 1.72.